The van der Waals surface area contributed by atoms with Gasteiger partial charge in [-0.05, 0) is 20.9 Å². The molecule has 0 saturated heterocycles. The van der Waals surface area contributed by atoms with Crippen LogP contribution in [-0.2, 0) is 4.84 Å². The van der Waals surface area contributed by atoms with Crippen LogP contribution in [0.2, 0.25) is 0 Å². The summed E-state index contributed by atoms with van der Waals surface area (Å²) in [7, 11) is 1.30. The molecule has 1 N–H and O–H groups in total. The van der Waals surface area contributed by atoms with Crippen LogP contribution < -0.4 is 0 Å². The Kier molecular flexibility index (Phi) is 7.19. The zero-order chi connectivity index (χ0) is 9.07. The zero-order valence-corrected chi connectivity index (χ0v) is 5.93. The molecular formula is CH4N10O. The molecular weight excluding hydrogens is 168 g/mol. The normalized spacial score (nSPS) is 12.4. The van der Waals surface area contributed by atoms with E-state index >= 15 is 0 Å². The van der Waals surface area contributed by atoms with Crippen molar-refractivity contribution in [3.63, 3.8) is 0 Å². The lowest BCUT2D eigenvalue weighted by Gasteiger charge is -1.74. The third-order valence-electron chi connectivity index (χ3n) is 0.403. The number of rotatable bonds is 5. The fraction of sp³-hybridized carbons (Fsp3) is 1.00. The van der Waals surface area contributed by atoms with Gasteiger partial charge in [0.25, 0.3) is 0 Å². The van der Waals surface area contributed by atoms with Crippen LogP contribution in [0, 0.1) is 5.53 Å². The van der Waals surface area contributed by atoms with Gasteiger partial charge in [-0.15, -0.1) is 0 Å². The molecule has 0 aliphatic rings. The first-order chi connectivity index (χ1) is 5.91. The maximum absolute atomic E-state index is 6.13. The van der Waals surface area contributed by atoms with Gasteiger partial charge in [-0.2, -0.15) is 5.53 Å². The van der Waals surface area contributed by atoms with Gasteiger partial charge in [-0.3, -0.25) is 0 Å². The Labute approximate surface area is 65.7 Å². The van der Waals surface area contributed by atoms with Gasteiger partial charge in [0.05, 0.1) is 0 Å². The quantitative estimate of drug-likeness (QED) is 0.490. The average molecular weight is 172 g/mol. The van der Waals surface area contributed by atoms with E-state index in [1.165, 1.54) is 7.11 Å². The van der Waals surface area contributed by atoms with E-state index < -0.39 is 0 Å². The molecule has 0 radical (unpaired) electrons. The molecule has 0 bridgehead atoms. The Balaban J connectivity index is 3.58. The Bertz CT molecular complexity index is 212. The van der Waals surface area contributed by atoms with Crippen LogP contribution in [0.5, 0.6) is 0 Å². The molecule has 0 aliphatic carbocycles. The summed E-state index contributed by atoms with van der Waals surface area (Å²) in [6.45, 7) is 0. The van der Waals surface area contributed by atoms with Gasteiger partial charge in [-0.1, -0.05) is 0 Å². The van der Waals surface area contributed by atoms with E-state index in [0.29, 0.717) is 0 Å². The molecule has 0 spiro atoms. The van der Waals surface area contributed by atoms with Gasteiger partial charge in [0.1, 0.15) is 7.11 Å². The van der Waals surface area contributed by atoms with Crippen molar-refractivity contribution in [3.8, 4) is 0 Å². The third kappa shape index (κ3) is 7.80. The molecule has 11 heteroatoms. The van der Waals surface area contributed by atoms with Crippen molar-refractivity contribution in [2.45, 2.75) is 0 Å². The molecule has 0 aromatic carbocycles. The molecule has 0 fully saturated rings. The van der Waals surface area contributed by atoms with E-state index in [1.54, 1.807) is 0 Å². The summed E-state index contributed by atoms with van der Waals surface area (Å²) in [5, 5.41) is 25.9. The second kappa shape index (κ2) is 8.80. The van der Waals surface area contributed by atoms with Crippen LogP contribution in [-0.4, -0.2) is 7.11 Å². The zero-order valence-electron chi connectivity index (χ0n) is 5.93. The second-order valence-corrected chi connectivity index (χ2v) is 0.990. The minimum atomic E-state index is 1.30. The van der Waals surface area contributed by atoms with Gasteiger partial charge >= 0.3 is 0 Å². The Morgan fingerprint density at radius 3 is 1.83 bits per heavy atom. The predicted molar refractivity (Wildman–Crippen MR) is 31.6 cm³/mol. The lowest BCUT2D eigenvalue weighted by Crippen LogP contribution is -1.59. The number of nitrogens with zero attached hydrogens (tertiary/aromatic N) is 9. The Morgan fingerprint density at radius 1 is 0.833 bits per heavy atom. The predicted octanol–water partition coefficient (Wildman–Crippen LogP) is 2.05. The summed E-state index contributed by atoms with van der Waals surface area (Å²) in [6, 6.07) is 0. The number of hydrogen-bond acceptors (Lipinski definition) is 3. The van der Waals surface area contributed by atoms with E-state index in [0.717, 1.165) is 0 Å². The number of hydrogen-bond donors (Lipinski definition) is 1. The van der Waals surface area contributed by atoms with Crippen LogP contribution in [0.1, 0.15) is 0 Å². The largest absolute Gasteiger partial charge is 0.381 e. The first kappa shape index (κ1) is 9.80. The van der Waals surface area contributed by atoms with Gasteiger partial charge < -0.3 is 4.84 Å². The summed E-state index contributed by atoms with van der Waals surface area (Å²) in [6.07, 6.45) is 0. The lowest BCUT2D eigenvalue weighted by molar-refractivity contribution is 0.185. The third-order valence-corrected chi connectivity index (χ3v) is 0.403. The van der Waals surface area contributed by atoms with Crippen LogP contribution in [0.25, 0.3) is 0 Å². The average Bonchev–Trinajstić information content (AvgIpc) is 2.10. The minimum Gasteiger partial charge on any atom is -0.381 e. The van der Waals surface area contributed by atoms with E-state index in [9.17, 15) is 0 Å². The van der Waals surface area contributed by atoms with Gasteiger partial charge in [0, 0.05) is 26.2 Å². The molecule has 11 nitrogen and oxygen atoms in total. The molecule has 0 aromatic rings. The van der Waals surface area contributed by atoms with Crippen molar-refractivity contribution < 1.29 is 4.84 Å². The second-order valence-electron chi connectivity index (χ2n) is 0.990. The van der Waals surface area contributed by atoms with Crippen molar-refractivity contribution in [1.29, 1.82) is 5.53 Å². The standard InChI is InChI=1S/CH4N10O/c1-12-11-10-9-8-7-6-5-4-3-2/h2H,1H3. The summed E-state index contributed by atoms with van der Waals surface area (Å²) in [5.74, 6) is 0. The molecule has 0 rings (SSSR count). The molecule has 0 atom stereocenters. The lowest BCUT2D eigenvalue weighted by atomic mass is 11.7. The Morgan fingerprint density at radius 2 is 1.33 bits per heavy atom. The molecule has 64 valence electrons. The van der Waals surface area contributed by atoms with E-state index in [1.807, 2.05) is 0 Å². The highest BCUT2D eigenvalue weighted by Gasteiger charge is 1.67. The van der Waals surface area contributed by atoms with Gasteiger partial charge in [-0.25, -0.2) is 0 Å². The van der Waals surface area contributed by atoms with Crippen molar-refractivity contribution in [1.82, 2.24) is 0 Å². The van der Waals surface area contributed by atoms with Crippen LogP contribution in [0.4, 0.5) is 0 Å². The van der Waals surface area contributed by atoms with E-state index in [2.05, 4.69) is 51.9 Å². The molecule has 0 saturated carbocycles. The smallest absolute Gasteiger partial charge is 0.108 e. The minimum absolute atomic E-state index is 1.30. The van der Waals surface area contributed by atoms with Gasteiger partial charge in [0.15, 0.2) is 0 Å². The fourth-order valence-corrected chi connectivity index (χ4v) is 0.162. The van der Waals surface area contributed by atoms with Crippen molar-refractivity contribution in [3.05, 3.63) is 0 Å². The summed E-state index contributed by atoms with van der Waals surface area (Å²) >= 11 is 0. The SMILES string of the molecule is CON=NN=NN=NN=NN=N. The first-order valence-corrected chi connectivity index (χ1v) is 2.41. The topological polar surface area (TPSA) is 144 Å². The van der Waals surface area contributed by atoms with Crippen LogP contribution >= 0.6 is 0 Å². The number of nitrogens with one attached hydrogen (secondary N) is 1. The molecule has 0 amide bonds. The monoisotopic (exact) mass is 172 g/mol. The summed E-state index contributed by atoms with van der Waals surface area (Å²) in [5.41, 5.74) is 6.13. The van der Waals surface area contributed by atoms with E-state index in [4.69, 9.17) is 5.53 Å². The van der Waals surface area contributed by atoms with Crippen molar-refractivity contribution >= 4 is 0 Å². The highest BCUT2D eigenvalue weighted by molar-refractivity contribution is 4.08. The molecule has 12 heavy (non-hydrogen) atoms. The van der Waals surface area contributed by atoms with Crippen molar-refractivity contribution in [2.75, 3.05) is 7.11 Å². The summed E-state index contributed by atoms with van der Waals surface area (Å²) in [4.78, 5) is 4.14. The molecule has 0 aromatic heterocycles. The maximum Gasteiger partial charge on any atom is 0.108 e. The highest BCUT2D eigenvalue weighted by Crippen LogP contribution is 1.85. The van der Waals surface area contributed by atoms with Crippen LogP contribution in [0.3, 0.4) is 0 Å². The molecule has 0 heterocycles. The first-order valence-electron chi connectivity index (χ1n) is 2.41. The van der Waals surface area contributed by atoms with Crippen LogP contribution in [0.15, 0.2) is 47.1 Å². The Hall–Kier alpha value is -2.20. The fourth-order valence-electron chi connectivity index (χ4n) is 0.162. The van der Waals surface area contributed by atoms with Gasteiger partial charge in [0.2, 0.25) is 0 Å². The van der Waals surface area contributed by atoms with E-state index in [-0.39, 0.29) is 0 Å². The highest BCUT2D eigenvalue weighted by atomic mass is 16.6. The van der Waals surface area contributed by atoms with Crippen molar-refractivity contribution in [2.24, 2.45) is 47.1 Å². The summed E-state index contributed by atoms with van der Waals surface area (Å²) < 4.78 is 0. The molecule has 0 aliphatic heterocycles. The molecule has 0 unspecified atom stereocenters. The maximum atomic E-state index is 6.13.